The van der Waals surface area contributed by atoms with Crippen LogP contribution in [0.25, 0.3) is 0 Å². The van der Waals surface area contributed by atoms with Crippen LogP contribution in [0.4, 0.5) is 5.13 Å². The summed E-state index contributed by atoms with van der Waals surface area (Å²) in [4.78, 5) is 8.53. The first-order chi connectivity index (χ1) is 10.0. The van der Waals surface area contributed by atoms with Crippen molar-refractivity contribution in [1.82, 2.24) is 9.88 Å². The number of nitrogens with two attached hydrogens (primary N) is 1. The third-order valence-corrected chi connectivity index (χ3v) is 5.82. The average molecular weight is 328 g/mol. The minimum atomic E-state index is -3.66. The Morgan fingerprint density at radius 2 is 2.10 bits per heavy atom. The summed E-state index contributed by atoms with van der Waals surface area (Å²) in [6.07, 6.45) is 3.00. The van der Waals surface area contributed by atoms with E-state index in [2.05, 4.69) is 14.8 Å². The maximum absolute atomic E-state index is 11.3. The quantitative estimate of drug-likeness (QED) is 0.888. The molecule has 9 heteroatoms. The van der Waals surface area contributed by atoms with Gasteiger partial charge in [-0.25, -0.2) is 18.5 Å². The van der Waals surface area contributed by atoms with Crippen molar-refractivity contribution in [2.75, 3.05) is 31.1 Å². The summed E-state index contributed by atoms with van der Waals surface area (Å²) < 4.78 is 28.0. The normalized spacial score (nSPS) is 17.3. The summed E-state index contributed by atoms with van der Waals surface area (Å²) in [6, 6.07) is 3.85. The van der Waals surface area contributed by atoms with Gasteiger partial charge in [0.05, 0.1) is 19.0 Å². The molecule has 0 saturated carbocycles. The first kappa shape index (κ1) is 14.5. The molecule has 1 aliphatic rings. The summed E-state index contributed by atoms with van der Waals surface area (Å²) in [5, 5.41) is 5.81. The highest BCUT2D eigenvalue weighted by Crippen LogP contribution is 2.26. The molecule has 1 fully saturated rings. The lowest BCUT2D eigenvalue weighted by Gasteiger charge is -2.33. The molecule has 3 heterocycles. The molecule has 1 aliphatic heterocycles. The summed E-state index contributed by atoms with van der Waals surface area (Å²) in [7, 11) is -3.66. The molecule has 0 amide bonds. The van der Waals surface area contributed by atoms with E-state index < -0.39 is 10.0 Å². The van der Waals surface area contributed by atoms with E-state index >= 15 is 0 Å². The van der Waals surface area contributed by atoms with Gasteiger partial charge in [0.2, 0.25) is 10.0 Å². The Morgan fingerprint density at radius 1 is 1.33 bits per heavy atom. The Labute approximate surface area is 127 Å². The molecule has 0 radical (unpaired) electrons. The first-order valence-corrected chi connectivity index (χ1v) is 8.87. The van der Waals surface area contributed by atoms with Gasteiger partial charge in [-0.2, -0.15) is 0 Å². The van der Waals surface area contributed by atoms with Gasteiger partial charge in [0.15, 0.2) is 9.34 Å². The van der Waals surface area contributed by atoms with E-state index in [1.807, 2.05) is 12.1 Å². The Balaban J connectivity index is 1.59. The maximum Gasteiger partial charge on any atom is 0.249 e. The van der Waals surface area contributed by atoms with Gasteiger partial charge in [-0.1, -0.05) is 11.3 Å². The van der Waals surface area contributed by atoms with Gasteiger partial charge >= 0.3 is 0 Å². The average Bonchev–Trinajstić information content (AvgIpc) is 3.09. The number of furan rings is 1. The molecule has 0 spiro atoms. The van der Waals surface area contributed by atoms with E-state index in [9.17, 15) is 8.42 Å². The molecule has 0 aromatic carbocycles. The number of sulfonamides is 1. The number of primary sulfonamides is 1. The molecule has 2 aromatic heterocycles. The van der Waals surface area contributed by atoms with E-state index in [1.54, 1.807) is 6.26 Å². The van der Waals surface area contributed by atoms with E-state index in [-0.39, 0.29) is 4.21 Å². The minimum absolute atomic E-state index is 0.107. The second-order valence-electron chi connectivity index (χ2n) is 4.85. The Morgan fingerprint density at radius 3 is 2.67 bits per heavy atom. The van der Waals surface area contributed by atoms with Crippen LogP contribution >= 0.6 is 11.3 Å². The summed E-state index contributed by atoms with van der Waals surface area (Å²) >= 11 is 1.12. The molecule has 1 saturated heterocycles. The minimum Gasteiger partial charge on any atom is -0.468 e. The zero-order chi connectivity index (χ0) is 14.9. The summed E-state index contributed by atoms with van der Waals surface area (Å²) in [5.74, 6) is 0.953. The van der Waals surface area contributed by atoms with E-state index in [4.69, 9.17) is 9.56 Å². The van der Waals surface area contributed by atoms with Crippen LogP contribution in [0.5, 0.6) is 0 Å². The third kappa shape index (κ3) is 3.43. The number of rotatable bonds is 4. The molecular weight excluding hydrogens is 312 g/mol. The molecular formula is C12H16N4O3S2. The van der Waals surface area contributed by atoms with Crippen molar-refractivity contribution in [2.45, 2.75) is 10.8 Å². The smallest absolute Gasteiger partial charge is 0.249 e. The fourth-order valence-electron chi connectivity index (χ4n) is 2.25. The van der Waals surface area contributed by atoms with E-state index in [0.29, 0.717) is 5.13 Å². The first-order valence-electron chi connectivity index (χ1n) is 6.51. The summed E-state index contributed by atoms with van der Waals surface area (Å²) in [6.45, 7) is 4.16. The molecule has 3 rings (SSSR count). The van der Waals surface area contributed by atoms with Crippen LogP contribution in [-0.4, -0.2) is 44.5 Å². The van der Waals surface area contributed by atoms with Gasteiger partial charge in [0.25, 0.3) is 0 Å². The standard InChI is InChI=1S/C12H16N4O3S2/c13-21(17,18)11-8-14-12(20-11)16-5-3-15(4-6-16)9-10-2-1-7-19-10/h1-2,7-8H,3-6,9H2,(H2,13,17,18). The molecule has 114 valence electrons. The van der Waals surface area contributed by atoms with Crippen molar-refractivity contribution in [1.29, 1.82) is 0 Å². The zero-order valence-electron chi connectivity index (χ0n) is 11.3. The van der Waals surface area contributed by atoms with Gasteiger partial charge in [0, 0.05) is 26.2 Å². The molecule has 0 atom stereocenters. The van der Waals surface area contributed by atoms with Crippen molar-refractivity contribution in [2.24, 2.45) is 5.14 Å². The third-order valence-electron chi connectivity index (χ3n) is 3.36. The second-order valence-corrected chi connectivity index (χ2v) is 7.65. The van der Waals surface area contributed by atoms with Gasteiger partial charge in [-0.3, -0.25) is 4.90 Å². The molecule has 21 heavy (non-hydrogen) atoms. The highest BCUT2D eigenvalue weighted by atomic mass is 32.2. The van der Waals surface area contributed by atoms with Crippen LogP contribution in [0.3, 0.4) is 0 Å². The van der Waals surface area contributed by atoms with Crippen molar-refractivity contribution in [3.05, 3.63) is 30.4 Å². The number of nitrogens with zero attached hydrogens (tertiary/aromatic N) is 3. The van der Waals surface area contributed by atoms with Crippen LogP contribution in [-0.2, 0) is 16.6 Å². The highest BCUT2D eigenvalue weighted by molar-refractivity contribution is 7.91. The maximum atomic E-state index is 11.3. The number of hydrogen-bond acceptors (Lipinski definition) is 7. The largest absolute Gasteiger partial charge is 0.468 e. The van der Waals surface area contributed by atoms with Crippen LogP contribution in [0.15, 0.2) is 33.2 Å². The molecule has 0 unspecified atom stereocenters. The van der Waals surface area contributed by atoms with Gasteiger partial charge in [-0.15, -0.1) is 0 Å². The van der Waals surface area contributed by atoms with Crippen molar-refractivity contribution in [3.63, 3.8) is 0 Å². The molecule has 2 N–H and O–H groups in total. The van der Waals surface area contributed by atoms with Crippen LogP contribution in [0.1, 0.15) is 5.76 Å². The molecule has 0 bridgehead atoms. The zero-order valence-corrected chi connectivity index (χ0v) is 12.9. The SMILES string of the molecule is NS(=O)(=O)c1cnc(N2CCN(Cc3ccco3)CC2)s1. The van der Waals surface area contributed by atoms with Crippen molar-refractivity contribution >= 4 is 26.5 Å². The van der Waals surface area contributed by atoms with Crippen molar-refractivity contribution in [3.8, 4) is 0 Å². The van der Waals surface area contributed by atoms with E-state index in [0.717, 1.165) is 49.8 Å². The van der Waals surface area contributed by atoms with Crippen LogP contribution in [0.2, 0.25) is 0 Å². The number of piperazine rings is 1. The fourth-order valence-corrected chi connectivity index (χ4v) is 3.84. The number of anilines is 1. The molecule has 2 aromatic rings. The highest BCUT2D eigenvalue weighted by Gasteiger charge is 2.22. The van der Waals surface area contributed by atoms with Crippen molar-refractivity contribution < 1.29 is 12.8 Å². The van der Waals surface area contributed by atoms with Gasteiger partial charge in [0.1, 0.15) is 5.76 Å². The molecule has 7 nitrogen and oxygen atoms in total. The number of aromatic nitrogens is 1. The number of hydrogen-bond donors (Lipinski definition) is 1. The monoisotopic (exact) mass is 328 g/mol. The predicted molar refractivity (Wildman–Crippen MR) is 79.7 cm³/mol. The van der Waals surface area contributed by atoms with E-state index in [1.165, 1.54) is 6.20 Å². The van der Waals surface area contributed by atoms with Crippen LogP contribution < -0.4 is 10.0 Å². The van der Waals surface area contributed by atoms with Crippen LogP contribution in [0, 0.1) is 0 Å². The molecule has 0 aliphatic carbocycles. The fraction of sp³-hybridized carbons (Fsp3) is 0.417. The van der Waals surface area contributed by atoms with Gasteiger partial charge < -0.3 is 9.32 Å². The second kappa shape index (κ2) is 5.76. The lowest BCUT2D eigenvalue weighted by molar-refractivity contribution is 0.230. The Hall–Kier alpha value is -1.42. The summed E-state index contributed by atoms with van der Waals surface area (Å²) in [5.41, 5.74) is 0. The van der Waals surface area contributed by atoms with Gasteiger partial charge in [-0.05, 0) is 12.1 Å². The topological polar surface area (TPSA) is 92.7 Å². The predicted octanol–water partition coefficient (Wildman–Crippen LogP) is 0.706. The Kier molecular flexibility index (Phi) is 3.98. The number of thiazole rings is 1. The Bertz CT molecular complexity index is 688. The lowest BCUT2D eigenvalue weighted by Crippen LogP contribution is -2.45. The lowest BCUT2D eigenvalue weighted by atomic mass is 10.3.